The van der Waals surface area contributed by atoms with Crippen molar-refractivity contribution >= 4 is 20.8 Å². The maximum Gasteiger partial charge on any atom is 0.214 e. The minimum absolute atomic E-state index is 0.0954. The molecule has 0 aliphatic heterocycles. The molecule has 20 heavy (non-hydrogen) atoms. The van der Waals surface area contributed by atoms with Crippen LogP contribution in [0.15, 0.2) is 36.7 Å². The summed E-state index contributed by atoms with van der Waals surface area (Å²) in [5.74, 6) is 0.0954. The Labute approximate surface area is 119 Å². The third-order valence-corrected chi connectivity index (χ3v) is 4.99. The van der Waals surface area contributed by atoms with Gasteiger partial charge in [0.2, 0.25) is 10.0 Å². The molecule has 0 saturated heterocycles. The molecule has 0 spiro atoms. The summed E-state index contributed by atoms with van der Waals surface area (Å²) in [5.41, 5.74) is 1.07. The van der Waals surface area contributed by atoms with Gasteiger partial charge in [0.05, 0.1) is 5.75 Å². The highest BCUT2D eigenvalue weighted by Gasteiger charge is 2.12. The van der Waals surface area contributed by atoms with Crippen LogP contribution < -0.4 is 5.32 Å². The van der Waals surface area contributed by atoms with Crippen molar-refractivity contribution in [1.29, 1.82) is 0 Å². The number of fused-ring (bicyclic) bond motifs is 1. The summed E-state index contributed by atoms with van der Waals surface area (Å²) < 4.78 is 24.5. The predicted molar refractivity (Wildman–Crippen MR) is 80.9 cm³/mol. The molecule has 0 fully saturated rings. The van der Waals surface area contributed by atoms with Crippen LogP contribution in [-0.4, -0.2) is 44.1 Å². The molecule has 0 aliphatic carbocycles. The van der Waals surface area contributed by atoms with Crippen molar-refractivity contribution in [3.8, 4) is 0 Å². The van der Waals surface area contributed by atoms with Crippen molar-refractivity contribution in [3.63, 3.8) is 0 Å². The lowest BCUT2D eigenvalue weighted by atomic mass is 10.1. The highest BCUT2D eigenvalue weighted by molar-refractivity contribution is 7.89. The number of benzene rings is 1. The smallest absolute Gasteiger partial charge is 0.214 e. The standard InChI is InChI=1S/C14H19N3O2S/c1-17(2)20(18,19)8-7-15-10-13-11-16-9-12-5-3-4-6-14(12)13/h3-6,9,11,15H,7-8,10H2,1-2H3. The molecule has 0 aliphatic rings. The van der Waals surface area contributed by atoms with E-state index in [-0.39, 0.29) is 5.75 Å². The van der Waals surface area contributed by atoms with Gasteiger partial charge in [0.1, 0.15) is 0 Å². The Balaban J connectivity index is 1.97. The quantitative estimate of drug-likeness (QED) is 0.813. The normalized spacial score (nSPS) is 12.2. The van der Waals surface area contributed by atoms with E-state index >= 15 is 0 Å². The molecule has 1 N–H and O–H groups in total. The van der Waals surface area contributed by atoms with Crippen LogP contribution >= 0.6 is 0 Å². The second kappa shape index (κ2) is 6.30. The van der Waals surface area contributed by atoms with Gasteiger partial charge in [-0.25, -0.2) is 12.7 Å². The number of hydrogen-bond acceptors (Lipinski definition) is 4. The first-order chi connectivity index (χ1) is 9.50. The SMILES string of the molecule is CN(C)S(=O)(=O)CCNCc1cncc2ccccc12. The molecule has 2 rings (SSSR count). The van der Waals surface area contributed by atoms with Gasteiger partial charge in [-0.1, -0.05) is 24.3 Å². The van der Waals surface area contributed by atoms with E-state index in [4.69, 9.17) is 0 Å². The van der Waals surface area contributed by atoms with E-state index < -0.39 is 10.0 Å². The van der Waals surface area contributed by atoms with Gasteiger partial charge < -0.3 is 5.32 Å². The summed E-state index contributed by atoms with van der Waals surface area (Å²) in [6, 6.07) is 8.03. The molecule has 108 valence electrons. The lowest BCUT2D eigenvalue weighted by Gasteiger charge is -2.12. The Kier molecular flexibility index (Phi) is 4.69. The van der Waals surface area contributed by atoms with Crippen molar-refractivity contribution < 1.29 is 8.42 Å². The van der Waals surface area contributed by atoms with E-state index in [2.05, 4.69) is 10.3 Å². The fourth-order valence-corrected chi connectivity index (χ4v) is 2.69. The Hall–Kier alpha value is -1.50. The number of nitrogens with one attached hydrogen (secondary N) is 1. The number of hydrogen-bond donors (Lipinski definition) is 1. The summed E-state index contributed by atoms with van der Waals surface area (Å²) in [5, 5.41) is 5.39. The van der Waals surface area contributed by atoms with Gasteiger partial charge in [0.15, 0.2) is 0 Å². The van der Waals surface area contributed by atoms with Crippen LogP contribution in [0, 0.1) is 0 Å². The van der Waals surface area contributed by atoms with Crippen LogP contribution in [0.1, 0.15) is 5.56 Å². The van der Waals surface area contributed by atoms with E-state index in [0.29, 0.717) is 13.1 Å². The molecule has 1 heterocycles. The molecule has 0 bridgehead atoms. The van der Waals surface area contributed by atoms with Crippen molar-refractivity contribution in [2.24, 2.45) is 0 Å². The van der Waals surface area contributed by atoms with Gasteiger partial charge in [0.25, 0.3) is 0 Å². The van der Waals surface area contributed by atoms with E-state index in [1.54, 1.807) is 14.1 Å². The van der Waals surface area contributed by atoms with E-state index in [1.165, 1.54) is 4.31 Å². The predicted octanol–water partition coefficient (Wildman–Crippen LogP) is 1.22. The summed E-state index contributed by atoms with van der Waals surface area (Å²) in [7, 11) is -0.0487. The summed E-state index contributed by atoms with van der Waals surface area (Å²) in [6.45, 7) is 1.03. The van der Waals surface area contributed by atoms with Gasteiger partial charge >= 0.3 is 0 Å². The maximum atomic E-state index is 11.6. The number of sulfonamides is 1. The van der Waals surface area contributed by atoms with Crippen LogP contribution in [0.25, 0.3) is 10.8 Å². The number of pyridine rings is 1. The average Bonchev–Trinajstić information content (AvgIpc) is 2.43. The second-order valence-electron chi connectivity index (χ2n) is 4.79. The second-order valence-corrected chi connectivity index (χ2v) is 7.10. The first-order valence-corrected chi connectivity index (χ1v) is 8.04. The largest absolute Gasteiger partial charge is 0.312 e. The zero-order valence-electron chi connectivity index (χ0n) is 11.7. The van der Waals surface area contributed by atoms with Gasteiger partial charge in [-0.05, 0) is 10.9 Å². The molecule has 2 aromatic rings. The molecular weight excluding hydrogens is 274 g/mol. The Morgan fingerprint density at radius 1 is 1.20 bits per heavy atom. The monoisotopic (exact) mass is 293 g/mol. The molecule has 0 amide bonds. The Morgan fingerprint density at radius 3 is 2.70 bits per heavy atom. The van der Waals surface area contributed by atoms with Crippen LogP contribution in [0.2, 0.25) is 0 Å². The third kappa shape index (κ3) is 3.53. The highest BCUT2D eigenvalue weighted by Crippen LogP contribution is 2.16. The van der Waals surface area contributed by atoms with Gasteiger partial charge in [-0.15, -0.1) is 0 Å². The summed E-state index contributed by atoms with van der Waals surface area (Å²) in [4.78, 5) is 4.20. The average molecular weight is 293 g/mol. The molecule has 1 aromatic carbocycles. The van der Waals surface area contributed by atoms with Crippen molar-refractivity contribution in [3.05, 3.63) is 42.2 Å². The third-order valence-electron chi connectivity index (χ3n) is 3.16. The zero-order valence-corrected chi connectivity index (χ0v) is 12.5. The van der Waals surface area contributed by atoms with Gasteiger partial charge in [0, 0.05) is 45.0 Å². The highest BCUT2D eigenvalue weighted by atomic mass is 32.2. The molecule has 0 atom stereocenters. The molecule has 5 nitrogen and oxygen atoms in total. The molecule has 6 heteroatoms. The van der Waals surface area contributed by atoms with Crippen LogP contribution in [0.5, 0.6) is 0 Å². The van der Waals surface area contributed by atoms with Crippen molar-refractivity contribution in [1.82, 2.24) is 14.6 Å². The van der Waals surface area contributed by atoms with E-state index in [1.807, 2.05) is 36.7 Å². The van der Waals surface area contributed by atoms with Crippen molar-refractivity contribution in [2.75, 3.05) is 26.4 Å². The Bertz CT molecular complexity index is 678. The molecule has 0 saturated carbocycles. The number of nitrogens with zero attached hydrogens (tertiary/aromatic N) is 2. The lowest BCUT2D eigenvalue weighted by Crippen LogP contribution is -2.31. The lowest BCUT2D eigenvalue weighted by molar-refractivity contribution is 0.517. The first-order valence-electron chi connectivity index (χ1n) is 6.43. The van der Waals surface area contributed by atoms with E-state index in [9.17, 15) is 8.42 Å². The van der Waals surface area contributed by atoms with Crippen LogP contribution in [-0.2, 0) is 16.6 Å². The van der Waals surface area contributed by atoms with Crippen LogP contribution in [0.3, 0.4) is 0 Å². The van der Waals surface area contributed by atoms with Crippen LogP contribution in [0.4, 0.5) is 0 Å². The fraction of sp³-hybridized carbons (Fsp3) is 0.357. The summed E-state index contributed by atoms with van der Waals surface area (Å²) in [6.07, 6.45) is 3.64. The zero-order chi connectivity index (χ0) is 14.6. The first kappa shape index (κ1) is 14.9. The van der Waals surface area contributed by atoms with Crippen molar-refractivity contribution in [2.45, 2.75) is 6.54 Å². The van der Waals surface area contributed by atoms with Gasteiger partial charge in [-0.3, -0.25) is 4.98 Å². The molecule has 1 aromatic heterocycles. The minimum atomic E-state index is -3.14. The van der Waals surface area contributed by atoms with Gasteiger partial charge in [-0.2, -0.15) is 0 Å². The number of rotatable bonds is 6. The summed E-state index contributed by atoms with van der Waals surface area (Å²) >= 11 is 0. The number of aromatic nitrogens is 1. The molecule has 0 radical (unpaired) electrons. The topological polar surface area (TPSA) is 62.3 Å². The Morgan fingerprint density at radius 2 is 1.95 bits per heavy atom. The molecular formula is C14H19N3O2S. The molecule has 0 unspecified atom stereocenters. The maximum absolute atomic E-state index is 11.6. The van der Waals surface area contributed by atoms with E-state index in [0.717, 1.165) is 16.3 Å². The fourth-order valence-electron chi connectivity index (χ4n) is 1.93. The minimum Gasteiger partial charge on any atom is -0.312 e.